The zero-order valence-corrected chi connectivity index (χ0v) is 13.5. The van der Waals surface area contributed by atoms with Crippen molar-refractivity contribution in [2.45, 2.75) is 26.8 Å². The van der Waals surface area contributed by atoms with Gasteiger partial charge in [-0.15, -0.1) is 11.3 Å². The molecule has 0 aliphatic carbocycles. The second-order valence-corrected chi connectivity index (χ2v) is 5.23. The van der Waals surface area contributed by atoms with Gasteiger partial charge in [-0.1, -0.05) is 11.6 Å². The van der Waals surface area contributed by atoms with Crippen LogP contribution in [0.15, 0.2) is 5.38 Å². The lowest BCUT2D eigenvalue weighted by atomic mass is 10.2. The van der Waals surface area contributed by atoms with E-state index in [1.165, 1.54) is 0 Å². The van der Waals surface area contributed by atoms with Crippen LogP contribution < -0.4 is 5.32 Å². The van der Waals surface area contributed by atoms with Gasteiger partial charge in [-0.2, -0.15) is 0 Å². The highest BCUT2D eigenvalue weighted by molar-refractivity contribution is 7.13. The monoisotopic (exact) mass is 333 g/mol. The molecule has 1 amide bonds. The zero-order valence-electron chi connectivity index (χ0n) is 11.9. The average molecular weight is 334 g/mol. The molecule has 0 aliphatic rings. The summed E-state index contributed by atoms with van der Waals surface area (Å²) in [6.07, 6.45) is 0. The summed E-state index contributed by atoms with van der Waals surface area (Å²) in [5.74, 6) is -2.35. The second-order valence-electron chi connectivity index (χ2n) is 3.97. The third-order valence-corrected chi connectivity index (χ3v) is 4.12. The van der Waals surface area contributed by atoms with E-state index < -0.39 is 23.9 Å². The maximum atomic E-state index is 12.1. The van der Waals surface area contributed by atoms with Crippen LogP contribution in [0.4, 0.5) is 0 Å². The fraction of sp³-hybridized carbons (Fsp3) is 0.462. The Labute approximate surface area is 131 Å². The predicted molar refractivity (Wildman–Crippen MR) is 78.6 cm³/mol. The number of esters is 2. The van der Waals surface area contributed by atoms with Gasteiger partial charge in [-0.05, 0) is 31.7 Å². The van der Waals surface area contributed by atoms with E-state index in [2.05, 4.69) is 5.32 Å². The van der Waals surface area contributed by atoms with Crippen LogP contribution >= 0.6 is 22.9 Å². The molecule has 0 fully saturated rings. The molecule has 0 saturated carbocycles. The first-order chi connectivity index (χ1) is 9.92. The van der Waals surface area contributed by atoms with E-state index in [1.54, 1.807) is 26.2 Å². The first-order valence-electron chi connectivity index (χ1n) is 6.30. The van der Waals surface area contributed by atoms with Crippen molar-refractivity contribution >= 4 is 40.8 Å². The number of aryl methyl sites for hydroxylation is 1. The Bertz CT molecular complexity index is 525. The first kappa shape index (κ1) is 17.5. The van der Waals surface area contributed by atoms with Crippen molar-refractivity contribution in [3.63, 3.8) is 0 Å². The Balaban J connectivity index is 2.90. The lowest BCUT2D eigenvalue weighted by Crippen LogP contribution is -2.48. The largest absolute Gasteiger partial charge is 0.464 e. The van der Waals surface area contributed by atoms with Crippen molar-refractivity contribution in [2.75, 3.05) is 13.2 Å². The van der Waals surface area contributed by atoms with Gasteiger partial charge in [0, 0.05) is 0 Å². The van der Waals surface area contributed by atoms with Crippen LogP contribution in [-0.4, -0.2) is 37.1 Å². The molecule has 8 heteroatoms. The Morgan fingerprint density at radius 1 is 1.24 bits per heavy atom. The molecule has 1 rings (SSSR count). The third-order valence-electron chi connectivity index (χ3n) is 2.43. The summed E-state index contributed by atoms with van der Waals surface area (Å²) < 4.78 is 9.52. The van der Waals surface area contributed by atoms with Gasteiger partial charge in [0.15, 0.2) is 0 Å². The smallest absolute Gasteiger partial charge is 0.340 e. The van der Waals surface area contributed by atoms with Crippen molar-refractivity contribution in [1.29, 1.82) is 0 Å². The number of amides is 1. The van der Waals surface area contributed by atoms with Gasteiger partial charge in [0.2, 0.25) is 6.04 Å². The Kier molecular flexibility index (Phi) is 6.64. The van der Waals surface area contributed by atoms with Crippen LogP contribution in [0.5, 0.6) is 0 Å². The topological polar surface area (TPSA) is 81.7 Å². The standard InChI is InChI=1S/C13H16ClNO5S/c1-4-19-12(17)9(13(18)20-5-2)15-11(16)10-8(14)7(3)6-21-10/h6,9H,4-5H2,1-3H3,(H,15,16). The second kappa shape index (κ2) is 7.99. The molecule has 1 aromatic heterocycles. The third kappa shape index (κ3) is 4.44. The Hall–Kier alpha value is -1.60. The van der Waals surface area contributed by atoms with Gasteiger partial charge in [0.25, 0.3) is 5.91 Å². The number of hydrogen-bond acceptors (Lipinski definition) is 6. The van der Waals surface area contributed by atoms with E-state index in [9.17, 15) is 14.4 Å². The molecule has 0 aromatic carbocycles. The molecule has 21 heavy (non-hydrogen) atoms. The normalized spacial score (nSPS) is 10.3. The fourth-order valence-corrected chi connectivity index (χ4v) is 2.63. The van der Waals surface area contributed by atoms with Gasteiger partial charge in [-0.25, -0.2) is 9.59 Å². The molecular weight excluding hydrogens is 318 g/mol. The summed E-state index contributed by atoms with van der Waals surface area (Å²) in [5, 5.41) is 4.30. The maximum absolute atomic E-state index is 12.1. The van der Waals surface area contributed by atoms with Crippen molar-refractivity contribution in [1.82, 2.24) is 5.32 Å². The van der Waals surface area contributed by atoms with Gasteiger partial charge in [-0.3, -0.25) is 4.79 Å². The highest BCUT2D eigenvalue weighted by atomic mass is 35.5. The van der Waals surface area contributed by atoms with E-state index >= 15 is 0 Å². The lowest BCUT2D eigenvalue weighted by Gasteiger charge is -2.15. The van der Waals surface area contributed by atoms with E-state index in [1.807, 2.05) is 0 Å². The SMILES string of the molecule is CCOC(=O)C(NC(=O)c1scc(C)c1Cl)C(=O)OCC. The first-order valence-corrected chi connectivity index (χ1v) is 7.55. The highest BCUT2D eigenvalue weighted by Gasteiger charge is 2.32. The number of rotatable bonds is 6. The van der Waals surface area contributed by atoms with Crippen molar-refractivity contribution < 1.29 is 23.9 Å². The Morgan fingerprint density at radius 2 is 1.76 bits per heavy atom. The van der Waals surface area contributed by atoms with Crippen LogP contribution in [0.1, 0.15) is 29.1 Å². The maximum Gasteiger partial charge on any atom is 0.340 e. The van der Waals surface area contributed by atoms with Crippen molar-refractivity contribution in [2.24, 2.45) is 0 Å². The number of carbonyl (C=O) groups excluding carboxylic acids is 3. The molecule has 0 spiro atoms. The molecule has 1 aromatic rings. The molecule has 0 saturated heterocycles. The summed E-state index contributed by atoms with van der Waals surface area (Å²) in [6, 6.07) is -1.50. The minimum absolute atomic E-state index is 0.0868. The van der Waals surface area contributed by atoms with E-state index in [-0.39, 0.29) is 18.1 Å². The molecule has 1 heterocycles. The molecule has 0 bridgehead atoms. The minimum atomic E-state index is -1.50. The number of halogens is 1. The number of nitrogens with one attached hydrogen (secondary N) is 1. The van der Waals surface area contributed by atoms with Gasteiger partial charge in [0.05, 0.1) is 18.2 Å². The zero-order chi connectivity index (χ0) is 16.0. The summed E-state index contributed by atoms with van der Waals surface area (Å²) in [4.78, 5) is 35.8. The van der Waals surface area contributed by atoms with Crippen molar-refractivity contribution in [3.8, 4) is 0 Å². The summed E-state index contributed by atoms with van der Waals surface area (Å²) >= 11 is 7.11. The van der Waals surface area contributed by atoms with E-state index in [4.69, 9.17) is 21.1 Å². The highest BCUT2D eigenvalue weighted by Crippen LogP contribution is 2.27. The fourth-order valence-electron chi connectivity index (χ4n) is 1.44. The number of carbonyl (C=O) groups is 3. The summed E-state index contributed by atoms with van der Waals surface area (Å²) in [7, 11) is 0. The molecule has 1 N–H and O–H groups in total. The number of thiophene rings is 1. The van der Waals surface area contributed by atoms with Gasteiger partial charge in [0.1, 0.15) is 4.88 Å². The van der Waals surface area contributed by atoms with Crippen LogP contribution in [0.25, 0.3) is 0 Å². The quantitative estimate of drug-likeness (QED) is 0.635. The van der Waals surface area contributed by atoms with Gasteiger partial charge < -0.3 is 14.8 Å². The van der Waals surface area contributed by atoms with Crippen LogP contribution in [0.2, 0.25) is 5.02 Å². The molecule has 0 aliphatic heterocycles. The van der Waals surface area contributed by atoms with E-state index in [0.29, 0.717) is 5.02 Å². The molecule has 6 nitrogen and oxygen atoms in total. The van der Waals surface area contributed by atoms with Crippen LogP contribution in [0.3, 0.4) is 0 Å². The molecule has 0 atom stereocenters. The van der Waals surface area contributed by atoms with Crippen molar-refractivity contribution in [3.05, 3.63) is 20.8 Å². The Morgan fingerprint density at radius 3 is 2.14 bits per heavy atom. The summed E-state index contributed by atoms with van der Waals surface area (Å²) in [5.41, 5.74) is 0.746. The molecule has 0 unspecified atom stereocenters. The van der Waals surface area contributed by atoms with Crippen LogP contribution in [0, 0.1) is 6.92 Å². The van der Waals surface area contributed by atoms with E-state index in [0.717, 1.165) is 16.9 Å². The van der Waals surface area contributed by atoms with Gasteiger partial charge >= 0.3 is 11.9 Å². The predicted octanol–water partition coefficient (Wildman–Crippen LogP) is 1.93. The average Bonchev–Trinajstić information content (AvgIpc) is 2.76. The minimum Gasteiger partial charge on any atom is -0.464 e. The molecular formula is C13H16ClNO5S. The number of ether oxygens (including phenoxy) is 2. The molecule has 0 radical (unpaired) electrons. The molecule has 116 valence electrons. The summed E-state index contributed by atoms with van der Waals surface area (Å²) in [6.45, 7) is 5.12. The number of hydrogen-bond donors (Lipinski definition) is 1. The lowest BCUT2D eigenvalue weighted by molar-refractivity contribution is -0.157. The van der Waals surface area contributed by atoms with Crippen LogP contribution in [-0.2, 0) is 19.1 Å².